The van der Waals surface area contributed by atoms with Crippen molar-refractivity contribution in [3.05, 3.63) is 28.2 Å². The Labute approximate surface area is 147 Å². The molecule has 0 atom stereocenters. The van der Waals surface area contributed by atoms with E-state index in [1.54, 1.807) is 6.33 Å². The molecule has 0 saturated carbocycles. The summed E-state index contributed by atoms with van der Waals surface area (Å²) in [6.45, 7) is 5.89. The van der Waals surface area contributed by atoms with Gasteiger partial charge in [0.1, 0.15) is 17.2 Å². The number of aromatic nitrogens is 4. The second-order valence-electron chi connectivity index (χ2n) is 5.04. The van der Waals surface area contributed by atoms with Crippen molar-refractivity contribution in [2.45, 2.75) is 39.5 Å². The third-order valence-electron chi connectivity index (χ3n) is 3.22. The van der Waals surface area contributed by atoms with Gasteiger partial charge in [-0.15, -0.1) is 21.5 Å². The standard InChI is InChI=1S/C14H20F3N7S/c1-3-11-23-21-9-24(11)6-5-19-13(18-4-2)20-7-12-22-10(8-25-12)14(15,16)17/h8-9H,3-7H2,1-2H3,(H2,18,19,20). The lowest BCUT2D eigenvalue weighted by molar-refractivity contribution is -0.140. The molecule has 0 spiro atoms. The topological polar surface area (TPSA) is 80.0 Å². The van der Waals surface area contributed by atoms with Gasteiger partial charge in [0.2, 0.25) is 0 Å². The Bertz CT molecular complexity index is 693. The second kappa shape index (κ2) is 8.79. The molecule has 0 unspecified atom stereocenters. The van der Waals surface area contributed by atoms with E-state index in [1.807, 2.05) is 18.4 Å². The minimum absolute atomic E-state index is 0.0862. The molecular formula is C14H20F3N7S. The molecule has 0 radical (unpaired) electrons. The van der Waals surface area contributed by atoms with Crippen molar-refractivity contribution in [3.63, 3.8) is 0 Å². The van der Waals surface area contributed by atoms with Crippen molar-refractivity contribution >= 4 is 17.3 Å². The Morgan fingerprint density at radius 1 is 1.32 bits per heavy atom. The first-order valence-electron chi connectivity index (χ1n) is 7.84. The predicted octanol–water partition coefficient (Wildman–Crippen LogP) is 2.07. The Kier molecular flexibility index (Phi) is 6.73. The predicted molar refractivity (Wildman–Crippen MR) is 89.3 cm³/mol. The fraction of sp³-hybridized carbons (Fsp3) is 0.571. The molecule has 11 heteroatoms. The first-order valence-corrected chi connectivity index (χ1v) is 8.72. The minimum atomic E-state index is -4.42. The van der Waals surface area contributed by atoms with E-state index in [0.29, 0.717) is 30.6 Å². The molecule has 2 heterocycles. The minimum Gasteiger partial charge on any atom is -0.357 e. The van der Waals surface area contributed by atoms with Crippen molar-refractivity contribution in [3.8, 4) is 0 Å². The molecule has 138 valence electrons. The summed E-state index contributed by atoms with van der Waals surface area (Å²) < 4.78 is 39.6. The van der Waals surface area contributed by atoms with Crippen molar-refractivity contribution in [1.29, 1.82) is 0 Å². The van der Waals surface area contributed by atoms with Crippen molar-refractivity contribution in [2.75, 3.05) is 13.1 Å². The number of aryl methyl sites for hydroxylation is 1. The molecule has 7 nitrogen and oxygen atoms in total. The van der Waals surface area contributed by atoms with E-state index in [-0.39, 0.29) is 6.54 Å². The van der Waals surface area contributed by atoms with Gasteiger partial charge >= 0.3 is 6.18 Å². The molecule has 0 fully saturated rings. The lowest BCUT2D eigenvalue weighted by Crippen LogP contribution is -2.38. The number of hydrogen-bond donors (Lipinski definition) is 2. The quantitative estimate of drug-likeness (QED) is 0.572. The van der Waals surface area contributed by atoms with Gasteiger partial charge in [-0.05, 0) is 6.92 Å². The number of aliphatic imine (C=N–C) groups is 1. The Hall–Kier alpha value is -2.17. The van der Waals surface area contributed by atoms with Crippen LogP contribution in [-0.2, 0) is 25.7 Å². The number of halogens is 3. The molecule has 25 heavy (non-hydrogen) atoms. The van der Waals surface area contributed by atoms with E-state index in [2.05, 4.69) is 30.8 Å². The lowest BCUT2D eigenvalue weighted by atomic mass is 10.4. The average Bonchev–Trinajstić information content (AvgIpc) is 3.21. The SMILES string of the molecule is CCNC(=NCc1nc(C(F)(F)F)cs1)NCCn1cnnc1CC. The van der Waals surface area contributed by atoms with Gasteiger partial charge < -0.3 is 15.2 Å². The zero-order chi connectivity index (χ0) is 18.3. The van der Waals surface area contributed by atoms with Crippen LogP contribution in [0.4, 0.5) is 13.2 Å². The van der Waals surface area contributed by atoms with Gasteiger partial charge in [-0.3, -0.25) is 0 Å². The normalized spacial score (nSPS) is 12.4. The van der Waals surface area contributed by atoms with Crippen LogP contribution in [0.2, 0.25) is 0 Å². The molecule has 2 aromatic rings. The maximum absolute atomic E-state index is 12.6. The van der Waals surface area contributed by atoms with Crippen molar-refractivity contribution < 1.29 is 13.2 Å². The van der Waals surface area contributed by atoms with Crippen molar-refractivity contribution in [1.82, 2.24) is 30.4 Å². The maximum atomic E-state index is 12.6. The molecule has 0 aromatic carbocycles. The van der Waals surface area contributed by atoms with E-state index in [4.69, 9.17) is 0 Å². The third-order valence-corrected chi connectivity index (χ3v) is 4.05. The van der Waals surface area contributed by atoms with Gasteiger partial charge in [0.15, 0.2) is 11.7 Å². The van der Waals surface area contributed by atoms with Gasteiger partial charge in [0, 0.05) is 31.4 Å². The lowest BCUT2D eigenvalue weighted by Gasteiger charge is -2.11. The molecule has 0 aliphatic heterocycles. The number of nitrogens with zero attached hydrogens (tertiary/aromatic N) is 5. The van der Waals surface area contributed by atoms with Crippen LogP contribution in [0.3, 0.4) is 0 Å². The molecule has 0 amide bonds. The Balaban J connectivity index is 1.90. The van der Waals surface area contributed by atoms with Gasteiger partial charge in [-0.1, -0.05) is 6.92 Å². The summed E-state index contributed by atoms with van der Waals surface area (Å²) >= 11 is 0.949. The van der Waals surface area contributed by atoms with Crippen LogP contribution in [0.5, 0.6) is 0 Å². The van der Waals surface area contributed by atoms with Crippen LogP contribution in [0.15, 0.2) is 16.7 Å². The van der Waals surface area contributed by atoms with E-state index in [9.17, 15) is 13.2 Å². The fourth-order valence-corrected chi connectivity index (χ4v) is 2.76. The van der Waals surface area contributed by atoms with Crippen molar-refractivity contribution in [2.24, 2.45) is 4.99 Å². The molecule has 2 rings (SSSR count). The number of thiazole rings is 1. The summed E-state index contributed by atoms with van der Waals surface area (Å²) in [5.74, 6) is 1.42. The third kappa shape index (κ3) is 5.69. The Morgan fingerprint density at radius 2 is 2.12 bits per heavy atom. The number of guanidine groups is 1. The van der Waals surface area contributed by atoms with Crippen LogP contribution in [0, 0.1) is 0 Å². The second-order valence-corrected chi connectivity index (χ2v) is 5.98. The monoisotopic (exact) mass is 375 g/mol. The molecule has 0 aliphatic rings. The highest BCUT2D eigenvalue weighted by molar-refractivity contribution is 7.09. The summed E-state index contributed by atoms with van der Waals surface area (Å²) in [4.78, 5) is 7.84. The van der Waals surface area contributed by atoms with E-state index < -0.39 is 11.9 Å². The zero-order valence-electron chi connectivity index (χ0n) is 14.0. The molecule has 0 aliphatic carbocycles. The van der Waals surface area contributed by atoms with Gasteiger partial charge in [-0.25, -0.2) is 9.98 Å². The summed E-state index contributed by atoms with van der Waals surface area (Å²) in [5, 5.41) is 15.4. The number of rotatable bonds is 7. The summed E-state index contributed by atoms with van der Waals surface area (Å²) in [6.07, 6.45) is -1.96. The highest BCUT2D eigenvalue weighted by Crippen LogP contribution is 2.30. The first kappa shape index (κ1) is 19.2. The summed E-state index contributed by atoms with van der Waals surface area (Å²) in [5.41, 5.74) is -0.875. The van der Waals surface area contributed by atoms with Gasteiger partial charge in [0.25, 0.3) is 0 Å². The summed E-state index contributed by atoms with van der Waals surface area (Å²) in [7, 11) is 0. The number of hydrogen-bond acceptors (Lipinski definition) is 5. The fourth-order valence-electron chi connectivity index (χ4n) is 2.04. The zero-order valence-corrected chi connectivity index (χ0v) is 14.8. The molecular weight excluding hydrogens is 355 g/mol. The molecule has 2 aromatic heterocycles. The molecule has 0 bridgehead atoms. The smallest absolute Gasteiger partial charge is 0.357 e. The average molecular weight is 375 g/mol. The van der Waals surface area contributed by atoms with Crippen LogP contribution in [0.25, 0.3) is 0 Å². The Morgan fingerprint density at radius 3 is 2.76 bits per heavy atom. The van der Waals surface area contributed by atoms with Crippen LogP contribution in [0.1, 0.15) is 30.4 Å². The van der Waals surface area contributed by atoms with E-state index >= 15 is 0 Å². The van der Waals surface area contributed by atoms with Gasteiger partial charge in [0.05, 0.1) is 6.54 Å². The van der Waals surface area contributed by atoms with Crippen LogP contribution >= 0.6 is 11.3 Å². The molecule has 2 N–H and O–H groups in total. The van der Waals surface area contributed by atoms with Crippen LogP contribution < -0.4 is 10.6 Å². The highest BCUT2D eigenvalue weighted by atomic mass is 32.1. The van der Waals surface area contributed by atoms with E-state index in [1.165, 1.54) is 0 Å². The maximum Gasteiger partial charge on any atom is 0.434 e. The van der Waals surface area contributed by atoms with Gasteiger partial charge in [-0.2, -0.15) is 13.2 Å². The largest absolute Gasteiger partial charge is 0.434 e. The van der Waals surface area contributed by atoms with E-state index in [0.717, 1.165) is 29.0 Å². The number of nitrogens with one attached hydrogen (secondary N) is 2. The number of alkyl halides is 3. The molecule has 0 saturated heterocycles. The highest BCUT2D eigenvalue weighted by Gasteiger charge is 2.33. The van der Waals surface area contributed by atoms with Crippen LogP contribution in [-0.4, -0.2) is 38.8 Å². The summed E-state index contributed by atoms with van der Waals surface area (Å²) in [6, 6.07) is 0. The first-order chi connectivity index (χ1) is 11.9.